The Kier molecular flexibility index (Phi) is 5.93. The zero-order valence-corrected chi connectivity index (χ0v) is 13.1. The number of hydrogen-bond acceptors (Lipinski definition) is 6. The van der Waals surface area contributed by atoms with Gasteiger partial charge in [-0.1, -0.05) is 6.07 Å². The summed E-state index contributed by atoms with van der Waals surface area (Å²) in [5.41, 5.74) is 3.90. The average Bonchev–Trinajstić information content (AvgIpc) is 2.64. The molecule has 9 nitrogen and oxygen atoms in total. The summed E-state index contributed by atoms with van der Waals surface area (Å²) in [6.45, 7) is -0.699. The molecule has 0 atom stereocenters. The molecule has 0 aromatic heterocycles. The molecule has 134 valence electrons. The molecular formula is C16H12FN3O6. The van der Waals surface area contributed by atoms with E-state index in [0.29, 0.717) is 0 Å². The van der Waals surface area contributed by atoms with Crippen molar-refractivity contribution in [3.05, 3.63) is 75.6 Å². The summed E-state index contributed by atoms with van der Waals surface area (Å²) >= 11 is 0. The highest BCUT2D eigenvalue weighted by Crippen LogP contribution is 2.11. The third kappa shape index (κ3) is 5.09. The highest BCUT2D eigenvalue weighted by atomic mass is 19.1. The van der Waals surface area contributed by atoms with Gasteiger partial charge < -0.3 is 4.74 Å². The van der Waals surface area contributed by atoms with Gasteiger partial charge in [-0.2, -0.15) is 0 Å². The fourth-order valence-electron chi connectivity index (χ4n) is 1.80. The molecule has 2 aromatic rings. The van der Waals surface area contributed by atoms with Crippen LogP contribution < -0.4 is 10.9 Å². The largest absolute Gasteiger partial charge is 0.452 e. The highest BCUT2D eigenvalue weighted by Gasteiger charge is 2.13. The van der Waals surface area contributed by atoms with Crippen LogP contribution in [-0.4, -0.2) is 29.3 Å². The van der Waals surface area contributed by atoms with Crippen molar-refractivity contribution < 1.29 is 28.4 Å². The Morgan fingerprint density at radius 2 is 1.73 bits per heavy atom. The summed E-state index contributed by atoms with van der Waals surface area (Å²) in [7, 11) is 0. The summed E-state index contributed by atoms with van der Waals surface area (Å²) in [5, 5.41) is 10.5. The molecule has 0 spiro atoms. The first-order valence-electron chi connectivity index (χ1n) is 7.13. The fraction of sp³-hybridized carbons (Fsp3) is 0.0625. The number of hydrogen-bond donors (Lipinski definition) is 2. The minimum atomic E-state index is -0.902. The number of nitrogens with zero attached hydrogens (tertiary/aromatic N) is 1. The number of nitrogens with one attached hydrogen (secondary N) is 2. The number of carbonyl (C=O) groups excluding carboxylic acids is 3. The molecule has 0 aliphatic carbocycles. The molecule has 0 saturated heterocycles. The summed E-state index contributed by atoms with van der Waals surface area (Å²) in [6.07, 6.45) is 0. The minimum Gasteiger partial charge on any atom is -0.452 e. The molecule has 2 amide bonds. The van der Waals surface area contributed by atoms with Crippen molar-refractivity contribution in [3.8, 4) is 0 Å². The smallest absolute Gasteiger partial charge is 0.338 e. The topological polar surface area (TPSA) is 128 Å². The van der Waals surface area contributed by atoms with Gasteiger partial charge in [0.15, 0.2) is 6.61 Å². The summed E-state index contributed by atoms with van der Waals surface area (Å²) in [6, 6.07) is 9.44. The predicted molar refractivity (Wildman–Crippen MR) is 85.4 cm³/mol. The lowest BCUT2D eigenvalue weighted by Gasteiger charge is -2.08. The Morgan fingerprint density at radius 3 is 2.35 bits per heavy atom. The predicted octanol–water partition coefficient (Wildman–Crippen LogP) is 1.35. The molecule has 0 fully saturated rings. The minimum absolute atomic E-state index is 0.0623. The van der Waals surface area contributed by atoms with Gasteiger partial charge in [0.25, 0.3) is 17.5 Å². The van der Waals surface area contributed by atoms with Crippen LogP contribution in [0.2, 0.25) is 0 Å². The van der Waals surface area contributed by atoms with E-state index in [1.54, 1.807) is 0 Å². The molecule has 0 aliphatic heterocycles. The lowest BCUT2D eigenvalue weighted by Crippen LogP contribution is -2.43. The molecule has 0 radical (unpaired) electrons. The first-order chi connectivity index (χ1) is 12.4. The molecule has 26 heavy (non-hydrogen) atoms. The van der Waals surface area contributed by atoms with Crippen LogP contribution in [0.25, 0.3) is 0 Å². The Bertz CT molecular complexity index is 853. The van der Waals surface area contributed by atoms with E-state index in [4.69, 9.17) is 0 Å². The summed E-state index contributed by atoms with van der Waals surface area (Å²) < 4.78 is 17.7. The number of ether oxygens (including phenoxy) is 1. The number of nitro benzene ring substituents is 1. The molecule has 0 bridgehead atoms. The fourth-order valence-corrected chi connectivity index (χ4v) is 1.80. The van der Waals surface area contributed by atoms with Gasteiger partial charge in [-0.15, -0.1) is 0 Å². The second-order valence-corrected chi connectivity index (χ2v) is 4.89. The number of carbonyl (C=O) groups is 3. The monoisotopic (exact) mass is 361 g/mol. The van der Waals surface area contributed by atoms with E-state index in [0.717, 1.165) is 24.3 Å². The number of benzene rings is 2. The molecule has 2 N–H and O–H groups in total. The van der Waals surface area contributed by atoms with Crippen LogP contribution in [0, 0.1) is 15.9 Å². The van der Waals surface area contributed by atoms with E-state index >= 15 is 0 Å². The Labute approximate surface area is 145 Å². The summed E-state index contributed by atoms with van der Waals surface area (Å²) in [4.78, 5) is 44.9. The van der Waals surface area contributed by atoms with Gasteiger partial charge in [-0.3, -0.25) is 30.6 Å². The number of hydrazine groups is 1. The zero-order chi connectivity index (χ0) is 19.1. The van der Waals surface area contributed by atoms with Gasteiger partial charge in [0.1, 0.15) is 5.82 Å². The van der Waals surface area contributed by atoms with E-state index in [1.807, 2.05) is 5.43 Å². The van der Waals surface area contributed by atoms with Crippen molar-refractivity contribution in [1.29, 1.82) is 0 Å². The number of non-ortho nitro benzene ring substituents is 1. The van der Waals surface area contributed by atoms with E-state index in [-0.39, 0.29) is 16.8 Å². The average molecular weight is 361 g/mol. The summed E-state index contributed by atoms with van der Waals surface area (Å²) in [5.74, 6) is -3.07. The highest BCUT2D eigenvalue weighted by molar-refractivity contribution is 5.96. The molecule has 0 saturated carbocycles. The maximum atomic E-state index is 13.0. The van der Waals surface area contributed by atoms with Gasteiger partial charge in [0.05, 0.1) is 10.5 Å². The molecule has 10 heteroatoms. The molecular weight excluding hydrogens is 349 g/mol. The van der Waals surface area contributed by atoms with Gasteiger partial charge in [0.2, 0.25) is 0 Å². The normalized spacial score (nSPS) is 9.88. The molecule has 0 heterocycles. The van der Waals surface area contributed by atoms with Crippen LogP contribution in [-0.2, 0) is 9.53 Å². The molecule has 0 aliphatic rings. The van der Waals surface area contributed by atoms with Crippen molar-refractivity contribution in [1.82, 2.24) is 10.9 Å². The van der Waals surface area contributed by atoms with Crippen LogP contribution >= 0.6 is 0 Å². The lowest BCUT2D eigenvalue weighted by molar-refractivity contribution is -0.384. The Morgan fingerprint density at radius 1 is 1.04 bits per heavy atom. The standard InChI is InChI=1S/C16H12FN3O6/c17-12-3-1-2-11(8-12)16(23)26-9-14(21)18-19-15(22)10-4-6-13(7-5-10)20(24)25/h1-8H,9H2,(H,18,21)(H,19,22). The second-order valence-electron chi connectivity index (χ2n) is 4.89. The van der Waals surface area contributed by atoms with E-state index in [2.05, 4.69) is 10.2 Å². The quantitative estimate of drug-likeness (QED) is 0.470. The van der Waals surface area contributed by atoms with Gasteiger partial charge in [-0.05, 0) is 30.3 Å². The SMILES string of the molecule is O=C(COC(=O)c1cccc(F)c1)NNC(=O)c1ccc([N+](=O)[O-])cc1. The van der Waals surface area contributed by atoms with Crippen LogP contribution in [0.15, 0.2) is 48.5 Å². The maximum Gasteiger partial charge on any atom is 0.338 e. The van der Waals surface area contributed by atoms with Crippen LogP contribution in [0.3, 0.4) is 0 Å². The van der Waals surface area contributed by atoms with Gasteiger partial charge in [0, 0.05) is 17.7 Å². The first-order valence-corrected chi connectivity index (χ1v) is 7.13. The van der Waals surface area contributed by atoms with E-state index in [1.165, 1.54) is 24.3 Å². The second kappa shape index (κ2) is 8.33. The van der Waals surface area contributed by atoms with Crippen molar-refractivity contribution in [2.45, 2.75) is 0 Å². The Balaban J connectivity index is 1.80. The van der Waals surface area contributed by atoms with Crippen molar-refractivity contribution in [3.63, 3.8) is 0 Å². The van der Waals surface area contributed by atoms with Crippen molar-refractivity contribution in [2.24, 2.45) is 0 Å². The Hall–Kier alpha value is -3.82. The third-order valence-electron chi connectivity index (χ3n) is 3.05. The first kappa shape index (κ1) is 18.5. The number of nitro groups is 1. The van der Waals surface area contributed by atoms with E-state index in [9.17, 15) is 28.9 Å². The third-order valence-corrected chi connectivity index (χ3v) is 3.05. The van der Waals surface area contributed by atoms with Crippen LogP contribution in [0.5, 0.6) is 0 Å². The van der Waals surface area contributed by atoms with Gasteiger partial charge in [-0.25, -0.2) is 9.18 Å². The van der Waals surface area contributed by atoms with Crippen LogP contribution in [0.1, 0.15) is 20.7 Å². The van der Waals surface area contributed by atoms with Gasteiger partial charge >= 0.3 is 5.97 Å². The number of esters is 1. The molecule has 0 unspecified atom stereocenters. The number of rotatable bonds is 5. The van der Waals surface area contributed by atoms with Crippen molar-refractivity contribution >= 4 is 23.5 Å². The van der Waals surface area contributed by atoms with Crippen molar-refractivity contribution in [2.75, 3.05) is 6.61 Å². The molecule has 2 rings (SSSR count). The van der Waals surface area contributed by atoms with Crippen LogP contribution in [0.4, 0.5) is 10.1 Å². The van der Waals surface area contributed by atoms with E-state index < -0.39 is 35.1 Å². The lowest BCUT2D eigenvalue weighted by atomic mass is 10.2. The molecule has 2 aromatic carbocycles. The maximum absolute atomic E-state index is 13.0. The zero-order valence-electron chi connectivity index (χ0n) is 13.1. The number of halogens is 1. The number of amides is 2.